The van der Waals surface area contributed by atoms with E-state index in [1.165, 1.54) is 24.5 Å². The summed E-state index contributed by atoms with van der Waals surface area (Å²) in [5, 5.41) is 59.0. The molecule has 0 aliphatic rings. The van der Waals surface area contributed by atoms with E-state index in [9.17, 15) is 30.6 Å². The molecule has 0 aliphatic heterocycles. The second-order valence-electron chi connectivity index (χ2n) is 4.78. The number of aromatic nitrogens is 3. The van der Waals surface area contributed by atoms with E-state index >= 15 is 0 Å². The van der Waals surface area contributed by atoms with Crippen LogP contribution in [0.1, 0.15) is 0 Å². The minimum absolute atomic E-state index is 0.0380. The Kier molecular flexibility index (Phi) is 3.45. The maximum atomic E-state index is 10.2. The van der Waals surface area contributed by atoms with Crippen LogP contribution in [0.15, 0.2) is 30.7 Å². The summed E-state index contributed by atoms with van der Waals surface area (Å²) in [4.78, 5) is 10.6. The summed E-state index contributed by atoms with van der Waals surface area (Å²) >= 11 is 0. The molecule has 3 rings (SSSR count). The third-order valence-corrected chi connectivity index (χ3v) is 3.40. The van der Waals surface area contributed by atoms with Gasteiger partial charge in [0.15, 0.2) is 17.2 Å². The van der Waals surface area contributed by atoms with Crippen LogP contribution in [0.5, 0.6) is 34.9 Å². The molecule has 3 aromatic heterocycles. The third kappa shape index (κ3) is 2.24. The molecule has 122 valence electrons. The molecular weight excluding hydrogens is 318 g/mol. The molecule has 0 saturated heterocycles. The summed E-state index contributed by atoms with van der Waals surface area (Å²) in [5.74, 6) is -3.96. The summed E-state index contributed by atoms with van der Waals surface area (Å²) in [6.45, 7) is 0. The molecule has 0 radical (unpaired) electrons. The first-order valence-corrected chi connectivity index (χ1v) is 6.57. The van der Waals surface area contributed by atoms with E-state index in [1.807, 2.05) is 0 Å². The molecule has 0 bridgehead atoms. The monoisotopic (exact) mass is 329 g/mol. The van der Waals surface area contributed by atoms with E-state index in [0.29, 0.717) is 0 Å². The molecule has 3 heterocycles. The van der Waals surface area contributed by atoms with E-state index in [0.717, 1.165) is 6.20 Å². The molecule has 9 nitrogen and oxygen atoms in total. The molecule has 0 spiro atoms. The molecule has 24 heavy (non-hydrogen) atoms. The SMILES string of the molecule is Oc1nccc(-c2cnc(O)c(O)c2-c2ccnc(O)c2O)c1O. The zero-order valence-electron chi connectivity index (χ0n) is 11.9. The summed E-state index contributed by atoms with van der Waals surface area (Å²) in [7, 11) is 0. The first kappa shape index (κ1) is 15.2. The summed E-state index contributed by atoms with van der Waals surface area (Å²) < 4.78 is 0. The number of hydrogen-bond acceptors (Lipinski definition) is 9. The van der Waals surface area contributed by atoms with Gasteiger partial charge in [-0.1, -0.05) is 0 Å². The highest BCUT2D eigenvalue weighted by molar-refractivity contribution is 5.92. The van der Waals surface area contributed by atoms with Gasteiger partial charge >= 0.3 is 0 Å². The predicted octanol–water partition coefficient (Wildman–Crippen LogP) is 1.44. The highest BCUT2D eigenvalue weighted by Gasteiger charge is 2.23. The zero-order chi connectivity index (χ0) is 17.4. The number of hydrogen-bond donors (Lipinski definition) is 6. The Balaban J connectivity index is 2.39. The van der Waals surface area contributed by atoms with E-state index in [1.54, 1.807) is 0 Å². The van der Waals surface area contributed by atoms with E-state index in [2.05, 4.69) is 15.0 Å². The van der Waals surface area contributed by atoms with Crippen molar-refractivity contribution >= 4 is 0 Å². The average Bonchev–Trinajstić information content (AvgIpc) is 2.56. The van der Waals surface area contributed by atoms with Crippen LogP contribution in [0.25, 0.3) is 22.3 Å². The van der Waals surface area contributed by atoms with Crippen molar-refractivity contribution in [2.75, 3.05) is 0 Å². The number of pyridine rings is 3. The molecule has 0 fully saturated rings. The van der Waals surface area contributed by atoms with Crippen LogP contribution in [0, 0.1) is 0 Å². The fraction of sp³-hybridized carbons (Fsp3) is 0. The Morgan fingerprint density at radius 2 is 1.04 bits per heavy atom. The van der Waals surface area contributed by atoms with E-state index in [-0.39, 0.29) is 22.3 Å². The van der Waals surface area contributed by atoms with Crippen LogP contribution in [0.2, 0.25) is 0 Å². The lowest BCUT2D eigenvalue weighted by molar-refractivity contribution is 0.384. The highest BCUT2D eigenvalue weighted by atomic mass is 16.3. The number of aromatic hydroxyl groups is 6. The lowest BCUT2D eigenvalue weighted by Crippen LogP contribution is -1.92. The maximum absolute atomic E-state index is 10.2. The van der Waals surface area contributed by atoms with E-state index < -0.39 is 34.9 Å². The number of rotatable bonds is 2. The fourth-order valence-corrected chi connectivity index (χ4v) is 2.27. The first-order valence-electron chi connectivity index (χ1n) is 6.57. The predicted molar refractivity (Wildman–Crippen MR) is 80.7 cm³/mol. The Morgan fingerprint density at radius 1 is 0.542 bits per heavy atom. The van der Waals surface area contributed by atoms with Gasteiger partial charge < -0.3 is 30.6 Å². The fourth-order valence-electron chi connectivity index (χ4n) is 2.27. The van der Waals surface area contributed by atoms with Gasteiger partial charge in [0.05, 0.1) is 0 Å². The molecule has 0 aliphatic carbocycles. The van der Waals surface area contributed by atoms with Crippen molar-refractivity contribution in [2.45, 2.75) is 0 Å². The van der Waals surface area contributed by atoms with Crippen LogP contribution in [-0.2, 0) is 0 Å². The Hall–Kier alpha value is -3.75. The zero-order valence-corrected chi connectivity index (χ0v) is 11.9. The van der Waals surface area contributed by atoms with Gasteiger partial charge in [0.2, 0.25) is 0 Å². The largest absolute Gasteiger partial charge is 0.503 e. The normalized spacial score (nSPS) is 10.7. The summed E-state index contributed by atoms with van der Waals surface area (Å²) in [5.41, 5.74) is -0.0839. The van der Waals surface area contributed by atoms with Gasteiger partial charge in [-0.05, 0) is 12.1 Å². The maximum Gasteiger partial charge on any atom is 0.254 e. The summed E-state index contributed by atoms with van der Waals surface area (Å²) in [6.07, 6.45) is 3.51. The van der Waals surface area contributed by atoms with Gasteiger partial charge in [-0.25, -0.2) is 15.0 Å². The quantitative estimate of drug-likeness (QED) is 0.408. The molecule has 0 unspecified atom stereocenters. The summed E-state index contributed by atoms with van der Waals surface area (Å²) in [6, 6.07) is 2.62. The van der Waals surface area contributed by atoms with E-state index in [4.69, 9.17) is 0 Å². The van der Waals surface area contributed by atoms with Crippen molar-refractivity contribution in [1.29, 1.82) is 0 Å². The minimum Gasteiger partial charge on any atom is -0.503 e. The second-order valence-corrected chi connectivity index (χ2v) is 4.78. The first-order chi connectivity index (χ1) is 11.4. The standard InChI is InChI=1S/C15H11N3O6/c19-10-6(1-3-16-13(10)22)8-5-18-15(24)12(21)9(8)7-2-4-17-14(23)11(7)20/h1-5,19-21H,(H,16,22)(H,17,23)(H,18,24). The van der Waals surface area contributed by atoms with Gasteiger partial charge in [-0.3, -0.25) is 0 Å². The van der Waals surface area contributed by atoms with Crippen LogP contribution < -0.4 is 0 Å². The van der Waals surface area contributed by atoms with Gasteiger partial charge in [0.25, 0.3) is 17.6 Å². The lowest BCUT2D eigenvalue weighted by atomic mass is 9.95. The molecule has 0 saturated carbocycles. The van der Waals surface area contributed by atoms with Crippen molar-refractivity contribution in [3.05, 3.63) is 30.7 Å². The van der Waals surface area contributed by atoms with Crippen LogP contribution in [0.3, 0.4) is 0 Å². The average molecular weight is 329 g/mol. The third-order valence-electron chi connectivity index (χ3n) is 3.40. The Bertz CT molecular complexity index is 945. The van der Waals surface area contributed by atoms with Crippen LogP contribution in [0.4, 0.5) is 0 Å². The highest BCUT2D eigenvalue weighted by Crippen LogP contribution is 2.48. The minimum atomic E-state index is -0.720. The molecule has 0 atom stereocenters. The Morgan fingerprint density at radius 3 is 1.67 bits per heavy atom. The lowest BCUT2D eigenvalue weighted by Gasteiger charge is -2.14. The molecule has 0 aromatic carbocycles. The smallest absolute Gasteiger partial charge is 0.254 e. The van der Waals surface area contributed by atoms with Crippen LogP contribution in [-0.4, -0.2) is 45.6 Å². The molecule has 3 aromatic rings. The van der Waals surface area contributed by atoms with Gasteiger partial charge in [0, 0.05) is 40.8 Å². The van der Waals surface area contributed by atoms with Gasteiger partial charge in [0.1, 0.15) is 0 Å². The molecule has 0 amide bonds. The second kappa shape index (κ2) is 5.47. The molecule has 6 N–H and O–H groups in total. The van der Waals surface area contributed by atoms with Crippen molar-refractivity contribution in [2.24, 2.45) is 0 Å². The van der Waals surface area contributed by atoms with Crippen molar-refractivity contribution in [1.82, 2.24) is 15.0 Å². The van der Waals surface area contributed by atoms with Gasteiger partial charge in [-0.15, -0.1) is 0 Å². The van der Waals surface area contributed by atoms with Crippen molar-refractivity contribution < 1.29 is 30.6 Å². The van der Waals surface area contributed by atoms with Gasteiger partial charge in [-0.2, -0.15) is 0 Å². The van der Waals surface area contributed by atoms with Crippen molar-refractivity contribution in [3.63, 3.8) is 0 Å². The van der Waals surface area contributed by atoms with Crippen LogP contribution >= 0.6 is 0 Å². The van der Waals surface area contributed by atoms with Crippen molar-refractivity contribution in [3.8, 4) is 57.1 Å². The number of nitrogens with zero attached hydrogens (tertiary/aromatic N) is 3. The topological polar surface area (TPSA) is 160 Å². The Labute approximate surface area is 134 Å². The molecular formula is C15H11N3O6. The molecule has 9 heteroatoms.